The van der Waals surface area contributed by atoms with Crippen molar-refractivity contribution < 1.29 is 18.0 Å². The second-order valence-corrected chi connectivity index (χ2v) is 10.3. The zero-order valence-corrected chi connectivity index (χ0v) is 21.0. The number of amides is 2. The Labute approximate surface area is 197 Å². The predicted octanol–water partition coefficient (Wildman–Crippen LogP) is 3.40. The summed E-state index contributed by atoms with van der Waals surface area (Å²) >= 11 is 0. The second kappa shape index (κ2) is 11.8. The van der Waals surface area contributed by atoms with E-state index in [0.29, 0.717) is 25.2 Å². The Morgan fingerprint density at radius 1 is 1.03 bits per heavy atom. The third kappa shape index (κ3) is 7.89. The lowest BCUT2D eigenvalue weighted by atomic mass is 10.1. The smallest absolute Gasteiger partial charge is 0.242 e. The Bertz CT molecular complexity index is 1050. The average Bonchev–Trinajstić information content (AvgIpc) is 2.74. The molecule has 0 aromatic heterocycles. The van der Waals surface area contributed by atoms with Crippen molar-refractivity contribution in [3.63, 3.8) is 0 Å². The van der Waals surface area contributed by atoms with Gasteiger partial charge in [-0.3, -0.25) is 13.9 Å². The van der Waals surface area contributed by atoms with Crippen LogP contribution in [0.3, 0.4) is 0 Å². The molecule has 1 atom stereocenters. The van der Waals surface area contributed by atoms with Crippen molar-refractivity contribution >= 4 is 27.5 Å². The number of anilines is 1. The Morgan fingerprint density at radius 2 is 1.70 bits per heavy atom. The Balaban J connectivity index is 2.14. The van der Waals surface area contributed by atoms with Crippen molar-refractivity contribution in [1.29, 1.82) is 0 Å². The molecule has 0 radical (unpaired) electrons. The normalized spacial score (nSPS) is 12.2. The maximum atomic E-state index is 13.2. The van der Waals surface area contributed by atoms with Gasteiger partial charge in [0.1, 0.15) is 6.04 Å². The van der Waals surface area contributed by atoms with E-state index >= 15 is 0 Å². The summed E-state index contributed by atoms with van der Waals surface area (Å²) in [5, 5.41) is 2.78. The second-order valence-electron chi connectivity index (χ2n) is 8.36. The molecule has 7 nitrogen and oxygen atoms in total. The van der Waals surface area contributed by atoms with Crippen molar-refractivity contribution in [3.8, 4) is 0 Å². The number of carbonyl (C=O) groups excluding carboxylic acids is 2. The van der Waals surface area contributed by atoms with Crippen LogP contribution in [0.5, 0.6) is 0 Å². The predicted molar refractivity (Wildman–Crippen MR) is 132 cm³/mol. The van der Waals surface area contributed by atoms with Crippen molar-refractivity contribution in [1.82, 2.24) is 10.2 Å². The van der Waals surface area contributed by atoms with Crippen molar-refractivity contribution in [2.75, 3.05) is 23.7 Å². The third-order valence-electron chi connectivity index (χ3n) is 5.43. The fourth-order valence-electron chi connectivity index (χ4n) is 3.63. The van der Waals surface area contributed by atoms with Gasteiger partial charge in [0.2, 0.25) is 21.8 Å². The van der Waals surface area contributed by atoms with E-state index in [1.54, 1.807) is 24.0 Å². The van der Waals surface area contributed by atoms with Crippen molar-refractivity contribution in [2.24, 2.45) is 0 Å². The molecular weight excluding hydrogens is 438 g/mol. The zero-order valence-electron chi connectivity index (χ0n) is 20.2. The highest BCUT2D eigenvalue weighted by Crippen LogP contribution is 2.20. The van der Waals surface area contributed by atoms with E-state index in [0.717, 1.165) is 22.9 Å². The Hall–Kier alpha value is -2.87. The number of aryl methyl sites for hydroxylation is 2. The summed E-state index contributed by atoms with van der Waals surface area (Å²) in [5.74, 6) is -0.400. The molecule has 0 bridgehead atoms. The summed E-state index contributed by atoms with van der Waals surface area (Å²) in [6, 6.07) is 14.4. The molecule has 0 aliphatic heterocycles. The molecule has 8 heteroatoms. The molecule has 0 aliphatic carbocycles. The van der Waals surface area contributed by atoms with Gasteiger partial charge in [-0.25, -0.2) is 8.42 Å². The standard InChI is InChI=1S/C25H35N3O4S/c1-6-26-25(30)21(4)27(18-22-10-7-9-20(3)17-22)24(29)11-8-16-28(33(5,31)32)23-14-12-19(2)13-15-23/h7,9-10,12-15,17,21H,6,8,11,16,18H2,1-5H3,(H,26,30)/t21-/m1/s1. The van der Waals surface area contributed by atoms with Gasteiger partial charge in [-0.15, -0.1) is 0 Å². The Kier molecular flexibility index (Phi) is 9.46. The maximum Gasteiger partial charge on any atom is 0.242 e. The highest BCUT2D eigenvalue weighted by molar-refractivity contribution is 7.92. The largest absolute Gasteiger partial charge is 0.355 e. The minimum absolute atomic E-state index is 0.132. The number of hydrogen-bond donors (Lipinski definition) is 1. The fraction of sp³-hybridized carbons (Fsp3) is 0.440. The summed E-state index contributed by atoms with van der Waals surface area (Å²) < 4.78 is 26.0. The summed E-state index contributed by atoms with van der Waals surface area (Å²) in [5.41, 5.74) is 3.63. The highest BCUT2D eigenvalue weighted by Gasteiger charge is 2.26. The lowest BCUT2D eigenvalue weighted by Gasteiger charge is -2.29. The lowest BCUT2D eigenvalue weighted by Crippen LogP contribution is -2.47. The summed E-state index contributed by atoms with van der Waals surface area (Å²) in [7, 11) is -3.50. The number of carbonyl (C=O) groups is 2. The molecule has 2 rings (SSSR count). The molecule has 0 heterocycles. The molecule has 2 aromatic carbocycles. The minimum atomic E-state index is -3.50. The van der Waals surface area contributed by atoms with Gasteiger partial charge >= 0.3 is 0 Å². The number of likely N-dealkylation sites (N-methyl/N-ethyl adjacent to an activating group) is 1. The van der Waals surface area contributed by atoms with Crippen LogP contribution in [0.4, 0.5) is 5.69 Å². The molecular formula is C25H35N3O4S. The van der Waals surface area contributed by atoms with Gasteiger partial charge in [-0.1, -0.05) is 47.5 Å². The van der Waals surface area contributed by atoms with E-state index < -0.39 is 16.1 Å². The average molecular weight is 474 g/mol. The lowest BCUT2D eigenvalue weighted by molar-refractivity contribution is -0.140. The molecule has 0 spiro atoms. The molecule has 0 fully saturated rings. The highest BCUT2D eigenvalue weighted by atomic mass is 32.2. The van der Waals surface area contributed by atoms with E-state index in [2.05, 4.69) is 5.32 Å². The van der Waals surface area contributed by atoms with Crippen LogP contribution in [0, 0.1) is 13.8 Å². The van der Waals surface area contributed by atoms with Crippen LogP contribution in [0.2, 0.25) is 0 Å². The van der Waals surface area contributed by atoms with Crippen LogP contribution in [-0.4, -0.2) is 50.5 Å². The topological polar surface area (TPSA) is 86.8 Å². The van der Waals surface area contributed by atoms with Gasteiger partial charge < -0.3 is 10.2 Å². The van der Waals surface area contributed by atoms with Gasteiger partial charge in [0, 0.05) is 26.1 Å². The Morgan fingerprint density at radius 3 is 2.27 bits per heavy atom. The number of sulfonamides is 1. The molecule has 33 heavy (non-hydrogen) atoms. The van der Waals surface area contributed by atoms with Crippen LogP contribution in [0.25, 0.3) is 0 Å². The van der Waals surface area contributed by atoms with E-state index in [9.17, 15) is 18.0 Å². The monoisotopic (exact) mass is 473 g/mol. The SMILES string of the molecule is CCNC(=O)[C@@H](C)N(Cc1cccc(C)c1)C(=O)CCCN(c1ccc(C)cc1)S(C)(=O)=O. The number of hydrogen-bond acceptors (Lipinski definition) is 4. The van der Waals surface area contributed by atoms with E-state index in [4.69, 9.17) is 0 Å². The van der Waals surface area contributed by atoms with Crippen LogP contribution >= 0.6 is 0 Å². The molecule has 0 aliphatic rings. The molecule has 0 saturated heterocycles. The number of rotatable bonds is 11. The first kappa shape index (κ1) is 26.4. The third-order valence-corrected chi connectivity index (χ3v) is 6.62. The van der Waals surface area contributed by atoms with Crippen LogP contribution in [0.15, 0.2) is 48.5 Å². The van der Waals surface area contributed by atoms with Gasteiger partial charge in [0.05, 0.1) is 11.9 Å². The minimum Gasteiger partial charge on any atom is -0.355 e. The molecule has 2 aromatic rings. The molecule has 0 saturated carbocycles. The van der Waals surface area contributed by atoms with Crippen LogP contribution < -0.4 is 9.62 Å². The summed E-state index contributed by atoms with van der Waals surface area (Å²) in [6.45, 7) is 8.44. The van der Waals surface area contributed by atoms with Gasteiger partial charge in [0.25, 0.3) is 0 Å². The zero-order chi connectivity index (χ0) is 24.6. The van der Waals surface area contributed by atoms with E-state index in [1.165, 1.54) is 4.31 Å². The summed E-state index contributed by atoms with van der Waals surface area (Å²) in [6.07, 6.45) is 1.63. The number of nitrogens with one attached hydrogen (secondary N) is 1. The van der Waals surface area contributed by atoms with Gasteiger partial charge in [0.15, 0.2) is 0 Å². The molecule has 180 valence electrons. The molecule has 2 amide bonds. The first-order valence-corrected chi connectivity index (χ1v) is 13.0. The van der Waals surface area contributed by atoms with E-state index in [1.807, 2.05) is 57.2 Å². The number of benzene rings is 2. The first-order valence-electron chi connectivity index (χ1n) is 11.2. The van der Waals surface area contributed by atoms with Crippen molar-refractivity contribution in [3.05, 3.63) is 65.2 Å². The fourth-order valence-corrected chi connectivity index (χ4v) is 4.59. The quantitative estimate of drug-likeness (QED) is 0.542. The van der Waals surface area contributed by atoms with Crippen LogP contribution in [0.1, 0.15) is 43.4 Å². The molecule has 0 unspecified atom stereocenters. The molecule has 1 N–H and O–H groups in total. The van der Waals surface area contributed by atoms with Crippen molar-refractivity contribution in [2.45, 2.75) is 53.1 Å². The summed E-state index contributed by atoms with van der Waals surface area (Å²) in [4.78, 5) is 27.2. The number of nitrogens with zero attached hydrogens (tertiary/aromatic N) is 2. The van der Waals surface area contributed by atoms with E-state index in [-0.39, 0.29) is 24.8 Å². The maximum absolute atomic E-state index is 13.2. The van der Waals surface area contributed by atoms with Gasteiger partial charge in [-0.2, -0.15) is 0 Å². The first-order chi connectivity index (χ1) is 15.5. The van der Waals surface area contributed by atoms with Crippen LogP contribution in [-0.2, 0) is 26.2 Å². The van der Waals surface area contributed by atoms with Gasteiger partial charge in [-0.05, 0) is 51.8 Å².